The Morgan fingerprint density at radius 1 is 1.13 bits per heavy atom. The average Bonchev–Trinajstić information content (AvgIpc) is 3.05. The van der Waals surface area contributed by atoms with E-state index in [0.717, 1.165) is 12.2 Å². The van der Waals surface area contributed by atoms with E-state index < -0.39 is 6.10 Å². The molecule has 120 valence electrons. The standard InChI is InChI=1S/C18H20N2O3/c19-12-16-9-10-17(23-16)18(21)20-13-5-4-8-15(11-13)22-14-6-2-1-3-7-14/h1-8,11,16-17H,9-10,12,19H2,(H,20,21)/t16-,17+/m1/s1. The first-order valence-corrected chi connectivity index (χ1v) is 7.74. The van der Waals surface area contributed by atoms with Crippen molar-refractivity contribution >= 4 is 11.6 Å². The molecule has 1 heterocycles. The second-order valence-electron chi connectivity index (χ2n) is 5.49. The topological polar surface area (TPSA) is 73.6 Å². The fourth-order valence-electron chi connectivity index (χ4n) is 2.56. The van der Waals surface area contributed by atoms with Crippen LogP contribution in [0.25, 0.3) is 0 Å². The smallest absolute Gasteiger partial charge is 0.253 e. The highest BCUT2D eigenvalue weighted by atomic mass is 16.5. The van der Waals surface area contributed by atoms with Gasteiger partial charge in [-0.25, -0.2) is 0 Å². The summed E-state index contributed by atoms with van der Waals surface area (Å²) in [5.74, 6) is 1.28. The number of hydrogen-bond donors (Lipinski definition) is 2. The maximum absolute atomic E-state index is 12.2. The van der Waals surface area contributed by atoms with E-state index in [9.17, 15) is 4.79 Å². The van der Waals surface area contributed by atoms with Crippen molar-refractivity contribution in [2.75, 3.05) is 11.9 Å². The summed E-state index contributed by atoms with van der Waals surface area (Å²) in [6, 6.07) is 16.8. The fraction of sp³-hybridized carbons (Fsp3) is 0.278. The Morgan fingerprint density at radius 2 is 1.91 bits per heavy atom. The van der Waals surface area contributed by atoms with Crippen LogP contribution in [0.3, 0.4) is 0 Å². The van der Waals surface area contributed by atoms with Gasteiger partial charge in [-0.2, -0.15) is 0 Å². The molecule has 0 unspecified atom stereocenters. The minimum atomic E-state index is -0.428. The molecular weight excluding hydrogens is 292 g/mol. The van der Waals surface area contributed by atoms with Crippen molar-refractivity contribution in [3.8, 4) is 11.5 Å². The minimum absolute atomic E-state index is 0.0153. The van der Waals surface area contributed by atoms with E-state index in [1.165, 1.54) is 0 Å². The molecule has 23 heavy (non-hydrogen) atoms. The zero-order valence-corrected chi connectivity index (χ0v) is 12.8. The molecule has 2 atom stereocenters. The molecule has 1 amide bonds. The van der Waals surface area contributed by atoms with E-state index in [2.05, 4.69) is 5.32 Å². The molecule has 5 heteroatoms. The Hall–Kier alpha value is -2.37. The van der Waals surface area contributed by atoms with Gasteiger partial charge in [-0.1, -0.05) is 24.3 Å². The summed E-state index contributed by atoms with van der Waals surface area (Å²) >= 11 is 0. The van der Waals surface area contributed by atoms with Crippen LogP contribution in [0.5, 0.6) is 11.5 Å². The van der Waals surface area contributed by atoms with Crippen LogP contribution in [0.1, 0.15) is 12.8 Å². The molecule has 0 aliphatic carbocycles. The summed E-state index contributed by atoms with van der Waals surface area (Å²) in [6.45, 7) is 0.449. The second kappa shape index (κ2) is 7.26. The molecule has 3 rings (SSSR count). The summed E-state index contributed by atoms with van der Waals surface area (Å²) in [6.07, 6.45) is 1.08. The number of nitrogens with one attached hydrogen (secondary N) is 1. The van der Waals surface area contributed by atoms with Gasteiger partial charge in [0.15, 0.2) is 0 Å². The lowest BCUT2D eigenvalue weighted by molar-refractivity contribution is -0.126. The second-order valence-corrected chi connectivity index (χ2v) is 5.49. The summed E-state index contributed by atoms with van der Waals surface area (Å²) in [5, 5.41) is 2.87. The number of ether oxygens (including phenoxy) is 2. The third-order valence-electron chi connectivity index (χ3n) is 3.74. The largest absolute Gasteiger partial charge is 0.457 e. The number of carbonyl (C=O) groups is 1. The quantitative estimate of drug-likeness (QED) is 0.890. The first kappa shape index (κ1) is 15.5. The predicted molar refractivity (Wildman–Crippen MR) is 88.5 cm³/mol. The summed E-state index contributed by atoms with van der Waals surface area (Å²) in [4.78, 5) is 12.2. The predicted octanol–water partition coefficient (Wildman–Crippen LogP) is 2.92. The van der Waals surface area contributed by atoms with Gasteiger partial charge in [-0.05, 0) is 37.1 Å². The maximum Gasteiger partial charge on any atom is 0.253 e. The summed E-state index contributed by atoms with van der Waals surface area (Å²) < 4.78 is 11.4. The number of hydrogen-bond acceptors (Lipinski definition) is 4. The normalized spacial score (nSPS) is 20.2. The van der Waals surface area contributed by atoms with Crippen molar-refractivity contribution in [2.45, 2.75) is 25.0 Å². The molecule has 1 saturated heterocycles. The van der Waals surface area contributed by atoms with E-state index in [1.54, 1.807) is 6.07 Å². The van der Waals surface area contributed by atoms with E-state index in [-0.39, 0.29) is 12.0 Å². The lowest BCUT2D eigenvalue weighted by Gasteiger charge is -2.13. The van der Waals surface area contributed by atoms with Crippen molar-refractivity contribution in [1.82, 2.24) is 0 Å². The van der Waals surface area contributed by atoms with Crippen LogP contribution in [-0.2, 0) is 9.53 Å². The van der Waals surface area contributed by atoms with Gasteiger partial charge in [0.25, 0.3) is 5.91 Å². The van der Waals surface area contributed by atoms with Gasteiger partial charge < -0.3 is 20.5 Å². The van der Waals surface area contributed by atoms with Gasteiger partial charge in [0, 0.05) is 18.3 Å². The highest BCUT2D eigenvalue weighted by Crippen LogP contribution is 2.25. The SMILES string of the molecule is NC[C@H]1CC[C@@H](C(=O)Nc2cccc(Oc3ccccc3)c2)O1. The third-order valence-corrected chi connectivity index (χ3v) is 3.74. The van der Waals surface area contributed by atoms with Crippen LogP contribution in [0.15, 0.2) is 54.6 Å². The highest BCUT2D eigenvalue weighted by molar-refractivity contribution is 5.94. The van der Waals surface area contributed by atoms with Crippen LogP contribution in [0.2, 0.25) is 0 Å². The van der Waals surface area contributed by atoms with Crippen LogP contribution < -0.4 is 15.8 Å². The van der Waals surface area contributed by atoms with Gasteiger partial charge in [-0.3, -0.25) is 4.79 Å². The summed E-state index contributed by atoms with van der Waals surface area (Å²) in [5.41, 5.74) is 6.25. The highest BCUT2D eigenvalue weighted by Gasteiger charge is 2.29. The molecule has 1 aliphatic rings. The van der Waals surface area contributed by atoms with Crippen LogP contribution in [-0.4, -0.2) is 24.7 Å². The van der Waals surface area contributed by atoms with Gasteiger partial charge in [0.05, 0.1) is 6.10 Å². The third kappa shape index (κ3) is 4.09. The van der Waals surface area contributed by atoms with Crippen molar-refractivity contribution in [3.05, 3.63) is 54.6 Å². The Labute approximate surface area is 135 Å². The van der Waals surface area contributed by atoms with Crippen molar-refractivity contribution in [2.24, 2.45) is 5.73 Å². The number of carbonyl (C=O) groups excluding carboxylic acids is 1. The average molecular weight is 312 g/mol. The monoisotopic (exact) mass is 312 g/mol. The van der Waals surface area contributed by atoms with E-state index in [1.807, 2.05) is 48.5 Å². The minimum Gasteiger partial charge on any atom is -0.457 e. The lowest BCUT2D eigenvalue weighted by Crippen LogP contribution is -2.29. The molecule has 1 aliphatic heterocycles. The number of anilines is 1. The van der Waals surface area contributed by atoms with Crippen LogP contribution >= 0.6 is 0 Å². The van der Waals surface area contributed by atoms with Gasteiger partial charge in [0.2, 0.25) is 0 Å². The number of benzene rings is 2. The van der Waals surface area contributed by atoms with Gasteiger partial charge in [0.1, 0.15) is 17.6 Å². The number of para-hydroxylation sites is 1. The van der Waals surface area contributed by atoms with E-state index in [4.69, 9.17) is 15.2 Å². The molecule has 1 fully saturated rings. The number of rotatable bonds is 5. The molecule has 2 aromatic rings. The van der Waals surface area contributed by atoms with Gasteiger partial charge >= 0.3 is 0 Å². The molecule has 0 aromatic heterocycles. The number of amides is 1. The zero-order chi connectivity index (χ0) is 16.1. The Kier molecular flexibility index (Phi) is 4.90. The van der Waals surface area contributed by atoms with Crippen LogP contribution in [0, 0.1) is 0 Å². The first-order chi connectivity index (χ1) is 11.2. The van der Waals surface area contributed by atoms with Crippen molar-refractivity contribution < 1.29 is 14.3 Å². The number of nitrogens with two attached hydrogens (primary N) is 1. The molecular formula is C18H20N2O3. The van der Waals surface area contributed by atoms with Crippen molar-refractivity contribution in [1.29, 1.82) is 0 Å². The lowest BCUT2D eigenvalue weighted by atomic mass is 10.2. The Balaban J connectivity index is 1.62. The molecule has 5 nitrogen and oxygen atoms in total. The molecule has 0 saturated carbocycles. The fourth-order valence-corrected chi connectivity index (χ4v) is 2.56. The van der Waals surface area contributed by atoms with E-state index >= 15 is 0 Å². The van der Waals surface area contributed by atoms with E-state index in [0.29, 0.717) is 24.4 Å². The van der Waals surface area contributed by atoms with Gasteiger partial charge in [-0.15, -0.1) is 0 Å². The first-order valence-electron chi connectivity index (χ1n) is 7.74. The Bertz CT molecular complexity index is 660. The zero-order valence-electron chi connectivity index (χ0n) is 12.8. The van der Waals surface area contributed by atoms with Crippen molar-refractivity contribution in [3.63, 3.8) is 0 Å². The summed E-state index contributed by atoms with van der Waals surface area (Å²) in [7, 11) is 0. The molecule has 2 aromatic carbocycles. The molecule has 0 radical (unpaired) electrons. The van der Waals surface area contributed by atoms with Crippen LogP contribution in [0.4, 0.5) is 5.69 Å². The molecule has 0 spiro atoms. The maximum atomic E-state index is 12.2. The molecule has 3 N–H and O–H groups in total. The Morgan fingerprint density at radius 3 is 2.65 bits per heavy atom. The molecule has 0 bridgehead atoms.